The van der Waals surface area contributed by atoms with Crippen molar-refractivity contribution >= 4 is 24.7 Å². The number of nitrogens with one attached hydrogen (secondary N) is 2. The summed E-state index contributed by atoms with van der Waals surface area (Å²) in [6.07, 6.45) is 5.21. The molecule has 0 aliphatic rings. The molecule has 0 spiro atoms. The van der Waals surface area contributed by atoms with E-state index in [0.29, 0.717) is 24.0 Å². The number of amides is 2. The van der Waals surface area contributed by atoms with Crippen molar-refractivity contribution in [2.45, 2.75) is 58.9 Å². The first-order valence-corrected chi connectivity index (χ1v) is 13.6. The number of carbonyl (C=O) groups is 2. The Labute approximate surface area is 211 Å². The van der Waals surface area contributed by atoms with Gasteiger partial charge in [0, 0.05) is 11.8 Å². The molecule has 0 aliphatic heterocycles. The van der Waals surface area contributed by atoms with E-state index in [1.54, 1.807) is 13.0 Å². The van der Waals surface area contributed by atoms with Crippen molar-refractivity contribution in [3.05, 3.63) is 54.4 Å². The van der Waals surface area contributed by atoms with Crippen LogP contribution in [-0.4, -0.2) is 44.6 Å². The van der Waals surface area contributed by atoms with Crippen LogP contribution in [0.15, 0.2) is 47.5 Å². The number of carbonyl (C=O) groups excluding carboxylic acids is 2. The molecule has 1 heterocycles. The molecule has 11 heteroatoms. The van der Waals surface area contributed by atoms with E-state index in [4.69, 9.17) is 4.42 Å². The molecule has 2 amide bonds. The number of benzene rings is 1. The summed E-state index contributed by atoms with van der Waals surface area (Å²) in [4.78, 5) is 44.4. The lowest BCUT2D eigenvalue weighted by molar-refractivity contribution is -0.138. The van der Waals surface area contributed by atoms with Crippen molar-refractivity contribution in [2.75, 3.05) is 6.67 Å². The molecule has 2 atom stereocenters. The van der Waals surface area contributed by atoms with Crippen LogP contribution >= 0.6 is 7.60 Å². The first-order chi connectivity index (χ1) is 17.0. The van der Waals surface area contributed by atoms with Crippen LogP contribution in [0.1, 0.15) is 62.1 Å². The lowest BCUT2D eigenvalue weighted by atomic mass is 9.90. The molecule has 1 aromatic heterocycles. The number of hydrogen-bond acceptors (Lipinski definition) is 6. The molecule has 0 unspecified atom stereocenters. The first kappa shape index (κ1) is 29.3. The Hall–Kier alpha value is -2.91. The molecule has 5 N–H and O–H groups in total. The molecule has 0 saturated carbocycles. The maximum absolute atomic E-state index is 12.9. The van der Waals surface area contributed by atoms with Crippen LogP contribution < -0.4 is 15.9 Å². The second-order valence-corrected chi connectivity index (χ2v) is 10.2. The van der Waals surface area contributed by atoms with Gasteiger partial charge in [-0.2, -0.15) is 0 Å². The summed E-state index contributed by atoms with van der Waals surface area (Å²) >= 11 is 0. The Bertz CT molecular complexity index is 1100. The maximum atomic E-state index is 12.9. The van der Waals surface area contributed by atoms with Crippen molar-refractivity contribution in [2.24, 2.45) is 5.92 Å². The third kappa shape index (κ3) is 8.06. The number of hydroxylamine groups is 2. The average molecular weight is 522 g/mol. The topological polar surface area (TPSA) is 152 Å². The Morgan fingerprint density at radius 2 is 1.89 bits per heavy atom. The van der Waals surface area contributed by atoms with Gasteiger partial charge in [-0.15, -0.1) is 0 Å². The second-order valence-electron chi connectivity index (χ2n) is 8.63. The fourth-order valence-electron chi connectivity index (χ4n) is 4.02. The lowest BCUT2D eigenvalue weighted by Gasteiger charge is -2.30. The fraction of sp³-hybridized carbons (Fsp3) is 0.440. The summed E-state index contributed by atoms with van der Waals surface area (Å²) in [5.41, 5.74) is 1.06. The first-order valence-electron chi connectivity index (χ1n) is 11.9. The van der Waals surface area contributed by atoms with Gasteiger partial charge < -0.3 is 24.8 Å². The van der Waals surface area contributed by atoms with Crippen LogP contribution in [0.4, 0.5) is 0 Å². The van der Waals surface area contributed by atoms with Crippen molar-refractivity contribution in [3.63, 3.8) is 0 Å². The Balaban J connectivity index is 2.04. The van der Waals surface area contributed by atoms with Gasteiger partial charge in [0.05, 0.1) is 23.9 Å². The smallest absolute Gasteiger partial charge is 0.356 e. The van der Waals surface area contributed by atoms with E-state index in [2.05, 4.69) is 24.1 Å². The minimum Gasteiger partial charge on any atom is -0.451 e. The van der Waals surface area contributed by atoms with E-state index in [0.717, 1.165) is 24.3 Å². The molecule has 0 radical (unpaired) electrons. The highest BCUT2D eigenvalue weighted by Gasteiger charge is 2.29. The third-order valence-corrected chi connectivity index (χ3v) is 6.82. The van der Waals surface area contributed by atoms with Crippen molar-refractivity contribution in [1.82, 2.24) is 15.7 Å². The molecule has 2 aromatic rings. The summed E-state index contributed by atoms with van der Waals surface area (Å²) in [7, 11) is -4.45. The second kappa shape index (κ2) is 13.4. The van der Waals surface area contributed by atoms with Crippen LogP contribution in [-0.2, 0) is 9.36 Å². The monoisotopic (exact) mass is 521 g/mol. The quantitative estimate of drug-likeness (QED) is 0.109. The largest absolute Gasteiger partial charge is 0.451 e. The third-order valence-electron chi connectivity index (χ3n) is 5.89. The number of furan rings is 1. The zero-order chi connectivity index (χ0) is 26.9. The molecule has 198 valence electrons. The van der Waals surface area contributed by atoms with Gasteiger partial charge in [-0.25, -0.2) is 0 Å². The predicted octanol–water partition coefficient (Wildman–Crippen LogP) is 3.67. The summed E-state index contributed by atoms with van der Waals surface area (Å²) in [6, 6.07) is 6.96. The van der Waals surface area contributed by atoms with Crippen LogP contribution in [0.5, 0.6) is 0 Å². The standard InChI is InChI=1S/C25H36N3O7P/c1-5-8-9-10-20(21(6-2)28(31)7-3)24(29)26-16-27-25(30)23-12-11-22(35-23)18-13-17(4)14-19(15-18)36(32,33)34/h7,11-15,20-21,31H,3,5-6,8-10,16H2,1-2,4H3,(H,26,29)(H,27,30)(H2,32,33,34)/t20-,21-/m1/s1. The molecule has 0 saturated heterocycles. The van der Waals surface area contributed by atoms with Crippen molar-refractivity contribution < 1.29 is 33.6 Å². The zero-order valence-electron chi connectivity index (χ0n) is 20.9. The van der Waals surface area contributed by atoms with Gasteiger partial charge in [0.1, 0.15) is 5.76 Å². The molecule has 0 fully saturated rings. The molecule has 2 rings (SSSR count). The number of nitrogens with zero attached hydrogens (tertiary/aromatic N) is 1. The molecule has 0 aliphatic carbocycles. The summed E-state index contributed by atoms with van der Waals surface area (Å²) in [5, 5.41) is 16.2. The fourth-order valence-corrected chi connectivity index (χ4v) is 4.70. The number of aryl methyl sites for hydroxylation is 1. The van der Waals surface area contributed by atoms with Gasteiger partial charge in [0.15, 0.2) is 5.76 Å². The highest BCUT2D eigenvalue weighted by atomic mass is 31.2. The minimum atomic E-state index is -4.45. The Kier molecular flexibility index (Phi) is 10.9. The van der Waals surface area contributed by atoms with Crippen molar-refractivity contribution in [3.8, 4) is 11.3 Å². The Morgan fingerprint density at radius 3 is 2.50 bits per heavy atom. The lowest BCUT2D eigenvalue weighted by Crippen LogP contribution is -2.46. The summed E-state index contributed by atoms with van der Waals surface area (Å²) in [5.74, 6) is -1.08. The van der Waals surface area contributed by atoms with Crippen LogP contribution in [0, 0.1) is 12.8 Å². The van der Waals surface area contributed by atoms with E-state index in [1.807, 2.05) is 6.92 Å². The van der Waals surface area contributed by atoms with E-state index in [-0.39, 0.29) is 29.4 Å². The Morgan fingerprint density at radius 1 is 1.17 bits per heavy atom. The maximum Gasteiger partial charge on any atom is 0.356 e. The molecule has 1 aromatic carbocycles. The predicted molar refractivity (Wildman–Crippen MR) is 137 cm³/mol. The molecular weight excluding hydrogens is 485 g/mol. The minimum absolute atomic E-state index is 0.0161. The highest BCUT2D eigenvalue weighted by Crippen LogP contribution is 2.35. The van der Waals surface area contributed by atoms with Crippen LogP contribution in [0.25, 0.3) is 11.3 Å². The molecular formula is C25H36N3O7P. The number of rotatable bonds is 14. The van der Waals surface area contributed by atoms with Gasteiger partial charge in [-0.3, -0.25) is 24.4 Å². The summed E-state index contributed by atoms with van der Waals surface area (Å²) in [6.45, 7) is 9.08. The van der Waals surface area contributed by atoms with E-state index < -0.39 is 25.5 Å². The van der Waals surface area contributed by atoms with Gasteiger partial charge >= 0.3 is 7.60 Å². The highest BCUT2D eigenvalue weighted by molar-refractivity contribution is 7.60. The molecule has 0 bridgehead atoms. The zero-order valence-corrected chi connectivity index (χ0v) is 21.8. The van der Waals surface area contributed by atoms with Crippen molar-refractivity contribution in [1.29, 1.82) is 0 Å². The molecule has 10 nitrogen and oxygen atoms in total. The average Bonchev–Trinajstić information content (AvgIpc) is 3.33. The molecule has 36 heavy (non-hydrogen) atoms. The van der Waals surface area contributed by atoms with Gasteiger partial charge in [0.25, 0.3) is 5.91 Å². The van der Waals surface area contributed by atoms with Gasteiger partial charge in [-0.05, 0) is 55.7 Å². The van der Waals surface area contributed by atoms with Crippen LogP contribution in [0.2, 0.25) is 0 Å². The van der Waals surface area contributed by atoms with Gasteiger partial charge in [0.2, 0.25) is 5.91 Å². The van der Waals surface area contributed by atoms with E-state index in [1.165, 1.54) is 30.5 Å². The normalized spacial score (nSPS) is 13.1. The van der Waals surface area contributed by atoms with E-state index >= 15 is 0 Å². The number of unbranched alkanes of at least 4 members (excludes halogenated alkanes) is 2. The van der Waals surface area contributed by atoms with Crippen LogP contribution in [0.3, 0.4) is 0 Å². The number of hydrogen-bond donors (Lipinski definition) is 5. The summed E-state index contributed by atoms with van der Waals surface area (Å²) < 4.78 is 17.2. The van der Waals surface area contributed by atoms with Gasteiger partial charge in [-0.1, -0.05) is 39.7 Å². The SMILES string of the molecule is C=CN(O)[C@H](CC)[C@@H](CCCCC)C(=O)NCNC(=O)c1ccc(-c2cc(C)cc(P(=O)(O)O)c2)o1. The van der Waals surface area contributed by atoms with E-state index in [9.17, 15) is 29.1 Å².